The maximum absolute atomic E-state index is 13.0. The summed E-state index contributed by atoms with van der Waals surface area (Å²) in [6.45, 7) is 5.53. The summed E-state index contributed by atoms with van der Waals surface area (Å²) in [5.41, 5.74) is 0.919. The van der Waals surface area contributed by atoms with Gasteiger partial charge < -0.3 is 14.5 Å². The number of hydrogen-bond acceptors (Lipinski definition) is 6. The zero-order chi connectivity index (χ0) is 24.8. The molecule has 2 aliphatic heterocycles. The van der Waals surface area contributed by atoms with Crippen LogP contribution in [0.15, 0.2) is 36.8 Å². The number of anilines is 1. The molecule has 1 amide bonds. The van der Waals surface area contributed by atoms with Crippen LogP contribution in [0, 0.1) is 5.92 Å². The summed E-state index contributed by atoms with van der Waals surface area (Å²) in [7, 11) is 1.60. The van der Waals surface area contributed by atoms with Gasteiger partial charge in [0.1, 0.15) is 0 Å². The lowest BCUT2D eigenvalue weighted by atomic mass is 9.91. The first-order valence-corrected chi connectivity index (χ1v) is 12.1. The first-order chi connectivity index (χ1) is 16.8. The first kappa shape index (κ1) is 25.2. The number of hydrogen-bond donors (Lipinski definition) is 0. The zero-order valence-electron chi connectivity index (χ0n) is 20.0. The molecule has 0 N–H and O–H groups in total. The molecule has 2 saturated heterocycles. The quantitative estimate of drug-likeness (QED) is 0.591. The lowest BCUT2D eigenvalue weighted by Gasteiger charge is -2.37. The van der Waals surface area contributed by atoms with Crippen molar-refractivity contribution in [2.75, 3.05) is 57.8 Å². The molecule has 0 unspecified atom stereocenters. The summed E-state index contributed by atoms with van der Waals surface area (Å²) in [6, 6.07) is 5.04. The predicted molar refractivity (Wildman–Crippen MR) is 126 cm³/mol. The molecule has 7 nitrogen and oxygen atoms in total. The summed E-state index contributed by atoms with van der Waals surface area (Å²) in [5, 5.41) is 0. The van der Waals surface area contributed by atoms with Crippen LogP contribution >= 0.6 is 0 Å². The molecule has 2 aromatic heterocycles. The van der Waals surface area contributed by atoms with E-state index in [1.54, 1.807) is 7.11 Å². The number of carbonyl (C=O) groups excluding carboxylic acids is 1. The molecule has 2 aliphatic rings. The largest absolute Gasteiger partial charge is 0.481 e. The Hall–Kier alpha value is -2.88. The molecule has 0 bridgehead atoms. The van der Waals surface area contributed by atoms with E-state index in [0.717, 1.165) is 50.9 Å². The van der Waals surface area contributed by atoms with Gasteiger partial charge in [-0.05, 0) is 42.9 Å². The highest BCUT2D eigenvalue weighted by molar-refractivity contribution is 5.76. The van der Waals surface area contributed by atoms with Crippen LogP contribution < -0.4 is 9.64 Å². The lowest BCUT2D eigenvalue weighted by molar-refractivity contribution is -0.138. The molecule has 4 heterocycles. The molecule has 2 fully saturated rings. The Balaban J connectivity index is 1.21. The van der Waals surface area contributed by atoms with E-state index >= 15 is 0 Å². The van der Waals surface area contributed by atoms with Gasteiger partial charge in [0.05, 0.1) is 24.6 Å². The number of likely N-dealkylation sites (tertiary alicyclic amines) is 1. The maximum Gasteiger partial charge on any atom is 0.417 e. The smallest absolute Gasteiger partial charge is 0.417 e. The van der Waals surface area contributed by atoms with Crippen LogP contribution in [0.5, 0.6) is 5.88 Å². The van der Waals surface area contributed by atoms with Crippen molar-refractivity contribution in [3.8, 4) is 5.88 Å². The standard InChI is InChI=1S/C25H32F3N5O2/c1-35-23-5-4-22(17-30-23)32-11-9-31(10-12-32)8-6-24(34)33-7-2-3-19(18-33)13-20-14-21(16-29-15-20)25(26,27)28/h4-5,14-17,19H,2-3,6-13,18H2,1H3/t19-/m1/s1. The molecule has 190 valence electrons. The number of rotatable bonds is 7. The topological polar surface area (TPSA) is 61.8 Å². The molecule has 35 heavy (non-hydrogen) atoms. The number of alkyl halides is 3. The second-order valence-corrected chi connectivity index (χ2v) is 9.27. The number of amides is 1. The molecule has 10 heteroatoms. The Kier molecular flexibility index (Phi) is 8.10. The second kappa shape index (κ2) is 11.2. The van der Waals surface area contributed by atoms with Gasteiger partial charge in [-0.3, -0.25) is 14.7 Å². The summed E-state index contributed by atoms with van der Waals surface area (Å²) in [5.74, 6) is 0.871. The number of piperazine rings is 1. The van der Waals surface area contributed by atoms with Gasteiger partial charge in [-0.25, -0.2) is 4.98 Å². The zero-order valence-corrected chi connectivity index (χ0v) is 20.0. The van der Waals surface area contributed by atoms with Gasteiger partial charge in [0.25, 0.3) is 0 Å². The van der Waals surface area contributed by atoms with Crippen molar-refractivity contribution in [1.82, 2.24) is 19.8 Å². The predicted octanol–water partition coefficient (Wildman–Crippen LogP) is 3.50. The van der Waals surface area contributed by atoms with E-state index in [9.17, 15) is 18.0 Å². The molecule has 4 rings (SSSR count). The van der Waals surface area contributed by atoms with Crippen LogP contribution in [0.25, 0.3) is 0 Å². The van der Waals surface area contributed by atoms with E-state index in [1.807, 2.05) is 23.2 Å². The van der Waals surface area contributed by atoms with Crippen molar-refractivity contribution in [3.63, 3.8) is 0 Å². The summed E-state index contributed by atoms with van der Waals surface area (Å²) < 4.78 is 44.1. The van der Waals surface area contributed by atoms with E-state index < -0.39 is 11.7 Å². The van der Waals surface area contributed by atoms with Crippen LogP contribution in [0.4, 0.5) is 18.9 Å². The van der Waals surface area contributed by atoms with Crippen LogP contribution in [-0.2, 0) is 17.4 Å². The number of aromatic nitrogens is 2. The fourth-order valence-corrected chi connectivity index (χ4v) is 4.87. The van der Waals surface area contributed by atoms with E-state index in [0.29, 0.717) is 43.9 Å². The highest BCUT2D eigenvalue weighted by Crippen LogP contribution is 2.30. The molecule has 0 saturated carbocycles. The first-order valence-electron chi connectivity index (χ1n) is 12.1. The van der Waals surface area contributed by atoms with E-state index in [2.05, 4.69) is 19.8 Å². The second-order valence-electron chi connectivity index (χ2n) is 9.27. The number of pyridine rings is 2. The van der Waals surface area contributed by atoms with E-state index in [-0.39, 0.29) is 11.8 Å². The summed E-state index contributed by atoms with van der Waals surface area (Å²) in [6.07, 6.45) is 2.52. The molecule has 0 aromatic carbocycles. The van der Waals surface area contributed by atoms with Crippen LogP contribution in [-0.4, -0.2) is 78.6 Å². The van der Waals surface area contributed by atoms with Crippen molar-refractivity contribution in [2.24, 2.45) is 5.92 Å². The Labute approximate surface area is 203 Å². The Bertz CT molecular complexity index is 978. The molecule has 0 spiro atoms. The van der Waals surface area contributed by atoms with Crippen molar-refractivity contribution >= 4 is 11.6 Å². The van der Waals surface area contributed by atoms with Crippen molar-refractivity contribution < 1.29 is 22.7 Å². The number of methoxy groups -OCH3 is 1. The monoisotopic (exact) mass is 491 g/mol. The average molecular weight is 492 g/mol. The van der Waals surface area contributed by atoms with Gasteiger partial charge in [0.15, 0.2) is 0 Å². The average Bonchev–Trinajstić information content (AvgIpc) is 2.87. The molecule has 1 atom stereocenters. The highest BCUT2D eigenvalue weighted by Gasteiger charge is 2.31. The SMILES string of the molecule is COc1ccc(N2CCN(CCC(=O)N3CCC[C@H](Cc4cncc(C(F)(F)F)c4)C3)CC2)cn1. The van der Waals surface area contributed by atoms with Gasteiger partial charge in [-0.1, -0.05) is 0 Å². The highest BCUT2D eigenvalue weighted by atomic mass is 19.4. The van der Waals surface area contributed by atoms with Gasteiger partial charge in [0.2, 0.25) is 11.8 Å². The van der Waals surface area contributed by atoms with Gasteiger partial charge in [-0.2, -0.15) is 13.2 Å². The molecule has 0 radical (unpaired) electrons. The van der Waals surface area contributed by atoms with Gasteiger partial charge in [-0.15, -0.1) is 0 Å². The third-order valence-corrected chi connectivity index (χ3v) is 6.83. The molecular formula is C25H32F3N5O2. The van der Waals surface area contributed by atoms with Crippen LogP contribution in [0.3, 0.4) is 0 Å². The fourth-order valence-electron chi connectivity index (χ4n) is 4.87. The Morgan fingerprint density at radius 3 is 2.60 bits per heavy atom. The summed E-state index contributed by atoms with van der Waals surface area (Å²) in [4.78, 5) is 27.4. The van der Waals surface area contributed by atoms with Gasteiger partial charge >= 0.3 is 6.18 Å². The van der Waals surface area contributed by atoms with Crippen LogP contribution in [0.1, 0.15) is 30.4 Å². The number of nitrogens with zero attached hydrogens (tertiary/aromatic N) is 5. The van der Waals surface area contributed by atoms with Crippen molar-refractivity contribution in [3.05, 3.63) is 47.9 Å². The van der Waals surface area contributed by atoms with E-state index in [4.69, 9.17) is 4.74 Å². The van der Waals surface area contributed by atoms with Crippen molar-refractivity contribution in [2.45, 2.75) is 31.9 Å². The third kappa shape index (κ3) is 6.84. The normalized spacial score (nSPS) is 19.6. The van der Waals surface area contributed by atoms with Crippen molar-refractivity contribution in [1.29, 1.82) is 0 Å². The molecular weight excluding hydrogens is 459 g/mol. The maximum atomic E-state index is 13.0. The van der Waals surface area contributed by atoms with Gasteiger partial charge in [0, 0.05) is 70.7 Å². The minimum atomic E-state index is -4.39. The minimum absolute atomic E-state index is 0.124. The third-order valence-electron chi connectivity index (χ3n) is 6.83. The lowest BCUT2D eigenvalue weighted by Crippen LogP contribution is -2.48. The van der Waals surface area contributed by atoms with Crippen LogP contribution in [0.2, 0.25) is 0 Å². The van der Waals surface area contributed by atoms with E-state index in [1.165, 1.54) is 12.3 Å². The Morgan fingerprint density at radius 2 is 1.91 bits per heavy atom. The molecule has 2 aromatic rings. The number of halogens is 3. The summed E-state index contributed by atoms with van der Waals surface area (Å²) >= 11 is 0. The minimum Gasteiger partial charge on any atom is -0.481 e. The number of ether oxygens (including phenoxy) is 1. The Morgan fingerprint density at radius 1 is 1.11 bits per heavy atom. The molecule has 0 aliphatic carbocycles. The fraction of sp³-hybridized carbons (Fsp3) is 0.560. The number of carbonyl (C=O) groups is 1. The number of piperidine rings is 1.